The number of urea groups is 1. The molecule has 5 rings (SSSR count). The summed E-state index contributed by atoms with van der Waals surface area (Å²) < 4.78 is 0. The number of carbonyl (C=O) groups excluding carboxylic acids is 2. The van der Waals surface area contributed by atoms with Gasteiger partial charge in [-0.25, -0.2) is 4.79 Å². The number of aromatic nitrogens is 1. The van der Waals surface area contributed by atoms with Crippen LogP contribution in [-0.4, -0.2) is 70.2 Å². The summed E-state index contributed by atoms with van der Waals surface area (Å²) in [6, 6.07) is 2.13. The zero-order valence-corrected chi connectivity index (χ0v) is 18.7. The summed E-state index contributed by atoms with van der Waals surface area (Å²) >= 11 is 0. The normalized spacial score (nSPS) is 28.5. The summed E-state index contributed by atoms with van der Waals surface area (Å²) in [5, 5.41) is 9.52. The molecule has 3 atom stereocenters. The molecule has 1 N–H and O–H groups in total. The molecule has 31 heavy (non-hydrogen) atoms. The van der Waals surface area contributed by atoms with Crippen LogP contribution in [0.4, 0.5) is 4.79 Å². The van der Waals surface area contributed by atoms with Gasteiger partial charge < -0.3 is 15.1 Å². The lowest BCUT2D eigenvalue weighted by molar-refractivity contribution is -0.136. The second-order valence-corrected chi connectivity index (χ2v) is 9.81. The first-order valence-corrected chi connectivity index (χ1v) is 11.4. The van der Waals surface area contributed by atoms with Crippen LogP contribution in [0.15, 0.2) is 23.6 Å². The summed E-state index contributed by atoms with van der Waals surface area (Å²) in [6.07, 6.45) is 6.86. The Morgan fingerprint density at radius 1 is 1.19 bits per heavy atom. The van der Waals surface area contributed by atoms with Crippen molar-refractivity contribution in [3.05, 3.63) is 29.6 Å². The van der Waals surface area contributed by atoms with Crippen LogP contribution in [0.1, 0.15) is 44.2 Å². The van der Waals surface area contributed by atoms with E-state index in [-0.39, 0.29) is 23.9 Å². The van der Waals surface area contributed by atoms with Crippen LogP contribution in [0, 0.1) is 17.3 Å². The van der Waals surface area contributed by atoms with E-state index in [1.54, 1.807) is 6.20 Å². The molecule has 1 saturated heterocycles. The van der Waals surface area contributed by atoms with Crippen molar-refractivity contribution in [3.63, 3.8) is 0 Å². The van der Waals surface area contributed by atoms with Crippen LogP contribution in [0.5, 0.6) is 0 Å². The Morgan fingerprint density at radius 2 is 1.94 bits per heavy atom. The van der Waals surface area contributed by atoms with E-state index in [0.717, 1.165) is 50.2 Å². The number of nitrogens with one attached hydrogen (secondary N) is 1. The van der Waals surface area contributed by atoms with E-state index in [0.29, 0.717) is 24.4 Å². The molecule has 8 heteroatoms. The van der Waals surface area contributed by atoms with E-state index >= 15 is 0 Å². The predicted molar refractivity (Wildman–Crippen MR) is 117 cm³/mol. The zero-order chi connectivity index (χ0) is 21.8. The van der Waals surface area contributed by atoms with Gasteiger partial charge in [0.1, 0.15) is 0 Å². The van der Waals surface area contributed by atoms with Crippen LogP contribution < -0.4 is 5.32 Å². The SMILES string of the molecule is CC1=NN(C)C(C)C1C(=O)N1CCC2(CC1)CC2CNC(=O)N1Cc2ccncc2C1. The number of piperidine rings is 1. The number of likely N-dealkylation sites (tertiary alicyclic amines) is 1. The minimum atomic E-state index is -0.117. The number of amides is 3. The van der Waals surface area contributed by atoms with Crippen molar-refractivity contribution in [2.45, 2.75) is 52.2 Å². The molecule has 1 aromatic heterocycles. The number of fused-ring (bicyclic) bond motifs is 1. The monoisotopic (exact) mass is 424 g/mol. The lowest BCUT2D eigenvalue weighted by Gasteiger charge is -2.35. The van der Waals surface area contributed by atoms with Gasteiger partial charge in [0.15, 0.2) is 0 Å². The minimum absolute atomic E-state index is 0.0139. The molecular weight excluding hydrogens is 392 g/mol. The van der Waals surface area contributed by atoms with Crippen molar-refractivity contribution in [1.29, 1.82) is 0 Å². The Balaban J connectivity index is 1.09. The van der Waals surface area contributed by atoms with Gasteiger partial charge in [0, 0.05) is 57.9 Å². The number of rotatable bonds is 3. The van der Waals surface area contributed by atoms with Gasteiger partial charge in [0.2, 0.25) is 5.91 Å². The van der Waals surface area contributed by atoms with Crippen LogP contribution >= 0.6 is 0 Å². The smallest absolute Gasteiger partial charge is 0.318 e. The molecule has 3 aliphatic heterocycles. The van der Waals surface area contributed by atoms with Crippen molar-refractivity contribution in [2.75, 3.05) is 26.7 Å². The highest BCUT2D eigenvalue weighted by Gasteiger charge is 2.55. The molecule has 4 heterocycles. The third kappa shape index (κ3) is 3.55. The molecule has 3 unspecified atom stereocenters. The largest absolute Gasteiger partial charge is 0.342 e. The molecule has 4 aliphatic rings. The Morgan fingerprint density at radius 3 is 2.61 bits per heavy atom. The van der Waals surface area contributed by atoms with Gasteiger partial charge in [-0.2, -0.15) is 5.10 Å². The molecule has 166 valence electrons. The molecule has 1 saturated carbocycles. The highest BCUT2D eigenvalue weighted by Crippen LogP contribution is 2.59. The van der Waals surface area contributed by atoms with Gasteiger partial charge in [0.05, 0.1) is 12.0 Å². The molecular formula is C23H32N6O2. The van der Waals surface area contributed by atoms with Gasteiger partial charge in [-0.05, 0) is 61.6 Å². The Labute approximate surface area is 183 Å². The maximum Gasteiger partial charge on any atom is 0.318 e. The van der Waals surface area contributed by atoms with Gasteiger partial charge in [-0.3, -0.25) is 14.8 Å². The number of hydrogen-bond acceptors (Lipinski definition) is 5. The zero-order valence-electron chi connectivity index (χ0n) is 18.7. The maximum atomic E-state index is 13.1. The number of pyridine rings is 1. The molecule has 0 radical (unpaired) electrons. The number of nitrogens with zero attached hydrogens (tertiary/aromatic N) is 5. The van der Waals surface area contributed by atoms with Crippen LogP contribution in [0.3, 0.4) is 0 Å². The van der Waals surface area contributed by atoms with Gasteiger partial charge in [-0.15, -0.1) is 0 Å². The fourth-order valence-electron chi connectivity index (χ4n) is 5.74. The van der Waals surface area contributed by atoms with Crippen LogP contribution in [-0.2, 0) is 17.9 Å². The van der Waals surface area contributed by atoms with E-state index in [9.17, 15) is 9.59 Å². The van der Waals surface area contributed by atoms with Gasteiger partial charge in [0.25, 0.3) is 0 Å². The average Bonchev–Trinajstić information content (AvgIpc) is 3.12. The highest BCUT2D eigenvalue weighted by atomic mass is 16.2. The molecule has 1 aliphatic carbocycles. The first-order valence-electron chi connectivity index (χ1n) is 11.4. The summed E-state index contributed by atoms with van der Waals surface area (Å²) in [5.41, 5.74) is 3.56. The van der Waals surface area contributed by atoms with Crippen molar-refractivity contribution >= 4 is 17.6 Å². The quantitative estimate of drug-likeness (QED) is 0.805. The van der Waals surface area contributed by atoms with E-state index < -0.39 is 0 Å². The summed E-state index contributed by atoms with van der Waals surface area (Å²) in [5.74, 6) is 0.634. The summed E-state index contributed by atoms with van der Waals surface area (Å²) in [4.78, 5) is 33.7. The third-order valence-corrected chi connectivity index (χ3v) is 8.05. The average molecular weight is 425 g/mol. The third-order valence-electron chi connectivity index (χ3n) is 8.05. The minimum Gasteiger partial charge on any atom is -0.342 e. The van der Waals surface area contributed by atoms with Gasteiger partial charge >= 0.3 is 6.03 Å². The Kier molecular flexibility index (Phi) is 4.90. The van der Waals surface area contributed by atoms with E-state index in [1.807, 2.05) is 41.0 Å². The lowest BCUT2D eigenvalue weighted by Crippen LogP contribution is -2.47. The molecule has 1 spiro atoms. The number of hydrazone groups is 1. The van der Waals surface area contributed by atoms with E-state index in [1.165, 1.54) is 5.56 Å². The summed E-state index contributed by atoms with van der Waals surface area (Å²) in [6.45, 7) is 7.70. The van der Waals surface area contributed by atoms with E-state index in [2.05, 4.69) is 22.3 Å². The predicted octanol–water partition coefficient (Wildman–Crippen LogP) is 2.06. The molecule has 8 nitrogen and oxygen atoms in total. The first kappa shape index (κ1) is 20.3. The fraction of sp³-hybridized carbons (Fsp3) is 0.652. The fourth-order valence-corrected chi connectivity index (χ4v) is 5.74. The van der Waals surface area contributed by atoms with Crippen molar-refractivity contribution in [1.82, 2.24) is 25.1 Å². The van der Waals surface area contributed by atoms with Crippen molar-refractivity contribution in [3.8, 4) is 0 Å². The van der Waals surface area contributed by atoms with Crippen molar-refractivity contribution in [2.24, 2.45) is 22.4 Å². The van der Waals surface area contributed by atoms with Crippen LogP contribution in [0.25, 0.3) is 0 Å². The lowest BCUT2D eigenvalue weighted by atomic mass is 9.88. The second kappa shape index (κ2) is 7.50. The maximum absolute atomic E-state index is 13.1. The molecule has 2 fully saturated rings. The topological polar surface area (TPSA) is 81.1 Å². The summed E-state index contributed by atoms with van der Waals surface area (Å²) in [7, 11) is 1.94. The number of hydrogen-bond donors (Lipinski definition) is 1. The van der Waals surface area contributed by atoms with Crippen LogP contribution in [0.2, 0.25) is 0 Å². The molecule has 0 aromatic carbocycles. The molecule has 3 amide bonds. The first-order chi connectivity index (χ1) is 14.9. The van der Waals surface area contributed by atoms with Gasteiger partial charge in [-0.1, -0.05) is 0 Å². The molecule has 0 bridgehead atoms. The Bertz CT molecular complexity index is 897. The second-order valence-electron chi connectivity index (χ2n) is 9.81. The molecule has 1 aromatic rings. The standard InChI is InChI=1S/C23H32N6O2/c1-15-20(16(2)27(3)26-15)21(30)28-8-5-23(6-9-28)10-19(23)12-25-22(31)29-13-17-4-7-24-11-18(17)14-29/h4,7,11,16,19-20H,5-6,8-10,12-14H2,1-3H3,(H,25,31). The number of carbonyl (C=O) groups is 2. The van der Waals surface area contributed by atoms with E-state index in [4.69, 9.17) is 0 Å². The highest BCUT2D eigenvalue weighted by molar-refractivity contribution is 6.04. The van der Waals surface area contributed by atoms with Crippen molar-refractivity contribution < 1.29 is 9.59 Å². The Hall–Kier alpha value is -2.64.